The summed E-state index contributed by atoms with van der Waals surface area (Å²) in [5.74, 6) is 0.632. The first-order valence-corrected chi connectivity index (χ1v) is 10.0. The van der Waals surface area contributed by atoms with Crippen LogP contribution in [0, 0.1) is 11.8 Å². The van der Waals surface area contributed by atoms with Crippen LogP contribution in [0.1, 0.15) is 49.9 Å². The number of carbonyl (C=O) groups is 2. The standard InChI is InChI=1S/C19H27ClN4O2S/c1-12-6-5-9-16(13(12)2)22-19(27)24-23-17(25)10-11-21-18(26)14-7-3-4-8-15(14)20/h3-4,7-8,12-13,16H,5-6,9-11H2,1-2H3,(H,21,26)(H,23,25)(H2,22,24,27)/t12-,13-,16+/m1/s1. The van der Waals surface area contributed by atoms with Gasteiger partial charge in [-0.05, 0) is 42.6 Å². The summed E-state index contributed by atoms with van der Waals surface area (Å²) in [7, 11) is 0. The molecule has 1 aromatic rings. The molecule has 1 aromatic carbocycles. The van der Waals surface area contributed by atoms with E-state index in [0.717, 1.165) is 6.42 Å². The van der Waals surface area contributed by atoms with Crippen LogP contribution in [0.5, 0.6) is 0 Å². The van der Waals surface area contributed by atoms with Crippen molar-refractivity contribution in [2.75, 3.05) is 6.54 Å². The van der Waals surface area contributed by atoms with Crippen LogP contribution in [0.2, 0.25) is 5.02 Å². The SMILES string of the molecule is C[C@@H]1[C@H](C)CCC[C@@H]1NC(=S)NNC(=O)CCNC(=O)c1ccccc1Cl. The van der Waals surface area contributed by atoms with Gasteiger partial charge in [-0.3, -0.25) is 20.4 Å². The Morgan fingerprint density at radius 1 is 1.19 bits per heavy atom. The zero-order valence-electron chi connectivity index (χ0n) is 15.7. The molecule has 1 aliphatic rings. The van der Waals surface area contributed by atoms with E-state index in [1.807, 2.05) is 0 Å². The first-order chi connectivity index (χ1) is 12.9. The predicted molar refractivity (Wildman–Crippen MR) is 111 cm³/mol. The molecule has 4 N–H and O–H groups in total. The van der Waals surface area contributed by atoms with Gasteiger partial charge in [0.1, 0.15) is 0 Å². The molecule has 2 rings (SSSR count). The van der Waals surface area contributed by atoms with Gasteiger partial charge in [-0.2, -0.15) is 0 Å². The number of rotatable bonds is 5. The second kappa shape index (κ2) is 10.5. The summed E-state index contributed by atoms with van der Waals surface area (Å²) in [6, 6.07) is 7.09. The van der Waals surface area contributed by atoms with Crippen molar-refractivity contribution in [1.82, 2.24) is 21.5 Å². The summed E-state index contributed by atoms with van der Waals surface area (Å²) >= 11 is 11.2. The molecule has 0 heterocycles. The summed E-state index contributed by atoms with van der Waals surface area (Å²) in [6.07, 6.45) is 3.64. The van der Waals surface area contributed by atoms with Crippen LogP contribution in [-0.2, 0) is 4.79 Å². The maximum absolute atomic E-state index is 12.0. The molecule has 0 radical (unpaired) electrons. The molecule has 148 valence electrons. The Morgan fingerprint density at radius 3 is 2.67 bits per heavy atom. The average Bonchev–Trinajstić information content (AvgIpc) is 2.64. The molecule has 1 saturated carbocycles. The highest BCUT2D eigenvalue weighted by Crippen LogP contribution is 2.29. The van der Waals surface area contributed by atoms with E-state index in [0.29, 0.717) is 33.6 Å². The van der Waals surface area contributed by atoms with Gasteiger partial charge in [0, 0.05) is 19.0 Å². The fraction of sp³-hybridized carbons (Fsp3) is 0.526. The second-order valence-electron chi connectivity index (χ2n) is 7.01. The van der Waals surface area contributed by atoms with Crippen molar-refractivity contribution in [3.63, 3.8) is 0 Å². The monoisotopic (exact) mass is 410 g/mol. The molecule has 0 bridgehead atoms. The van der Waals surface area contributed by atoms with Gasteiger partial charge in [-0.25, -0.2) is 0 Å². The lowest BCUT2D eigenvalue weighted by Gasteiger charge is -2.35. The van der Waals surface area contributed by atoms with Crippen molar-refractivity contribution >= 4 is 40.7 Å². The number of halogens is 1. The molecule has 1 fully saturated rings. The molecule has 0 spiro atoms. The molecular weight excluding hydrogens is 384 g/mol. The Labute approximate surface area is 170 Å². The minimum absolute atomic E-state index is 0.128. The minimum Gasteiger partial charge on any atom is -0.358 e. The van der Waals surface area contributed by atoms with Gasteiger partial charge in [0.15, 0.2) is 5.11 Å². The molecule has 0 aromatic heterocycles. The van der Waals surface area contributed by atoms with Crippen molar-refractivity contribution in [2.45, 2.75) is 45.6 Å². The third-order valence-corrected chi connectivity index (χ3v) is 5.64. The molecule has 2 amide bonds. The van der Waals surface area contributed by atoms with E-state index in [4.69, 9.17) is 23.8 Å². The van der Waals surface area contributed by atoms with Crippen molar-refractivity contribution < 1.29 is 9.59 Å². The Hall–Kier alpha value is -1.86. The van der Waals surface area contributed by atoms with Gasteiger partial charge in [-0.15, -0.1) is 0 Å². The van der Waals surface area contributed by atoms with Gasteiger partial charge >= 0.3 is 0 Å². The molecule has 0 aliphatic heterocycles. The highest BCUT2D eigenvalue weighted by molar-refractivity contribution is 7.80. The summed E-state index contributed by atoms with van der Waals surface area (Å²) in [5.41, 5.74) is 5.67. The molecular formula is C19H27ClN4O2S. The fourth-order valence-corrected chi connectivity index (χ4v) is 3.63. The van der Waals surface area contributed by atoms with E-state index in [1.54, 1.807) is 24.3 Å². The van der Waals surface area contributed by atoms with E-state index < -0.39 is 0 Å². The number of hydrogen-bond donors (Lipinski definition) is 4. The molecule has 27 heavy (non-hydrogen) atoms. The molecule has 8 heteroatoms. The molecule has 0 saturated heterocycles. The summed E-state index contributed by atoms with van der Waals surface area (Å²) in [6.45, 7) is 4.69. The zero-order valence-corrected chi connectivity index (χ0v) is 17.3. The van der Waals surface area contributed by atoms with Crippen LogP contribution in [0.15, 0.2) is 24.3 Å². The van der Waals surface area contributed by atoms with Crippen molar-refractivity contribution in [1.29, 1.82) is 0 Å². The lowest BCUT2D eigenvalue weighted by Crippen LogP contribution is -2.52. The summed E-state index contributed by atoms with van der Waals surface area (Å²) < 4.78 is 0. The highest BCUT2D eigenvalue weighted by Gasteiger charge is 2.27. The Bertz CT molecular complexity index is 685. The number of amides is 2. The topological polar surface area (TPSA) is 82.3 Å². The first-order valence-electron chi connectivity index (χ1n) is 9.26. The van der Waals surface area contributed by atoms with Gasteiger partial charge < -0.3 is 10.6 Å². The van der Waals surface area contributed by atoms with Gasteiger partial charge in [0.25, 0.3) is 5.91 Å². The number of nitrogens with one attached hydrogen (secondary N) is 4. The minimum atomic E-state index is -0.307. The normalized spacial score (nSPS) is 21.8. The first kappa shape index (κ1) is 21.4. The van der Waals surface area contributed by atoms with Gasteiger partial charge in [0.05, 0.1) is 10.6 Å². The predicted octanol–water partition coefficient (Wildman–Crippen LogP) is 2.78. The summed E-state index contributed by atoms with van der Waals surface area (Å²) in [4.78, 5) is 23.9. The third-order valence-electron chi connectivity index (χ3n) is 5.09. The molecule has 0 unspecified atom stereocenters. The van der Waals surface area contributed by atoms with Crippen molar-refractivity contribution in [3.8, 4) is 0 Å². The number of carbonyl (C=O) groups excluding carboxylic acids is 2. The number of hydrazine groups is 1. The molecule has 1 aliphatic carbocycles. The average molecular weight is 411 g/mol. The van der Waals surface area contributed by atoms with Crippen LogP contribution in [0.3, 0.4) is 0 Å². The van der Waals surface area contributed by atoms with E-state index in [2.05, 4.69) is 35.3 Å². The quantitative estimate of drug-likeness (QED) is 0.443. The zero-order chi connectivity index (χ0) is 19.8. The van der Waals surface area contributed by atoms with Crippen LogP contribution >= 0.6 is 23.8 Å². The largest absolute Gasteiger partial charge is 0.358 e. The highest BCUT2D eigenvalue weighted by atomic mass is 35.5. The fourth-order valence-electron chi connectivity index (χ4n) is 3.21. The number of hydrogen-bond acceptors (Lipinski definition) is 3. The van der Waals surface area contributed by atoms with Gasteiger partial charge in [-0.1, -0.05) is 50.4 Å². The molecule has 3 atom stereocenters. The van der Waals surface area contributed by atoms with E-state index >= 15 is 0 Å². The van der Waals surface area contributed by atoms with Crippen LogP contribution in [-0.4, -0.2) is 29.5 Å². The second-order valence-corrected chi connectivity index (χ2v) is 7.82. The lowest BCUT2D eigenvalue weighted by molar-refractivity contribution is -0.121. The smallest absolute Gasteiger partial charge is 0.252 e. The Morgan fingerprint density at radius 2 is 1.93 bits per heavy atom. The Balaban J connectivity index is 1.65. The maximum atomic E-state index is 12.0. The maximum Gasteiger partial charge on any atom is 0.252 e. The van der Waals surface area contributed by atoms with Crippen LogP contribution in [0.4, 0.5) is 0 Å². The Kier molecular flexibility index (Phi) is 8.31. The molecule has 6 nitrogen and oxygen atoms in total. The van der Waals surface area contributed by atoms with Crippen LogP contribution in [0.25, 0.3) is 0 Å². The van der Waals surface area contributed by atoms with E-state index in [-0.39, 0.29) is 24.8 Å². The van der Waals surface area contributed by atoms with E-state index in [1.165, 1.54) is 12.8 Å². The lowest BCUT2D eigenvalue weighted by atomic mass is 9.78. The summed E-state index contributed by atoms with van der Waals surface area (Å²) in [5, 5.41) is 6.74. The third kappa shape index (κ3) is 6.66. The van der Waals surface area contributed by atoms with Crippen LogP contribution < -0.4 is 21.5 Å². The number of thiocarbonyl (C=S) groups is 1. The van der Waals surface area contributed by atoms with E-state index in [9.17, 15) is 9.59 Å². The number of benzene rings is 1. The van der Waals surface area contributed by atoms with Crippen molar-refractivity contribution in [2.24, 2.45) is 11.8 Å². The van der Waals surface area contributed by atoms with Crippen molar-refractivity contribution in [3.05, 3.63) is 34.9 Å². The van der Waals surface area contributed by atoms with Gasteiger partial charge in [0.2, 0.25) is 5.91 Å².